The van der Waals surface area contributed by atoms with E-state index in [4.69, 9.17) is 4.74 Å². The fraction of sp³-hybridized carbons (Fsp3) is 0.667. The summed E-state index contributed by atoms with van der Waals surface area (Å²) in [6.45, 7) is 3.66. The summed E-state index contributed by atoms with van der Waals surface area (Å²) in [5.41, 5.74) is 0.0172. The molecular weight excluding hydrogens is 216 g/mol. The third kappa shape index (κ3) is 2.85. The average molecular weight is 236 g/mol. The molecule has 0 unspecified atom stereocenters. The van der Waals surface area contributed by atoms with E-state index >= 15 is 0 Å². The van der Waals surface area contributed by atoms with E-state index in [2.05, 4.69) is 20.6 Å². The Kier molecular flexibility index (Phi) is 3.78. The molecule has 0 bridgehead atoms. The van der Waals surface area contributed by atoms with Gasteiger partial charge in [0.1, 0.15) is 5.82 Å². The molecule has 0 amide bonds. The fourth-order valence-electron chi connectivity index (χ4n) is 1.98. The molecule has 0 aliphatic heterocycles. The number of hydrogen-bond donors (Lipinski definition) is 2. The molecule has 1 saturated carbocycles. The van der Waals surface area contributed by atoms with E-state index in [0.717, 1.165) is 31.7 Å². The van der Waals surface area contributed by atoms with Gasteiger partial charge in [-0.05, 0) is 32.3 Å². The first kappa shape index (κ1) is 12.1. The predicted molar refractivity (Wildman–Crippen MR) is 68.3 cm³/mol. The highest BCUT2D eigenvalue weighted by molar-refractivity contribution is 5.39. The standard InChI is InChI=1S/C12H20N4O/c1-3-13-11-14-8-5-10(16-11)15-9-12(17-2)6-4-7-12/h5,8H,3-4,6-7,9H2,1-2H3,(H2,13,14,15,16). The molecule has 1 aromatic rings. The second-order valence-corrected chi connectivity index (χ2v) is 4.39. The van der Waals surface area contributed by atoms with Crippen molar-refractivity contribution in [1.29, 1.82) is 0 Å². The zero-order chi connectivity index (χ0) is 12.1. The van der Waals surface area contributed by atoms with Crippen LogP contribution in [-0.2, 0) is 4.74 Å². The summed E-state index contributed by atoms with van der Waals surface area (Å²) in [7, 11) is 1.78. The van der Waals surface area contributed by atoms with Crippen molar-refractivity contribution in [2.75, 3.05) is 30.8 Å². The molecule has 94 valence electrons. The van der Waals surface area contributed by atoms with Gasteiger partial charge in [0.25, 0.3) is 0 Å². The third-order valence-corrected chi connectivity index (χ3v) is 3.28. The molecule has 0 aromatic carbocycles. The molecule has 1 heterocycles. The van der Waals surface area contributed by atoms with Crippen LogP contribution in [0.2, 0.25) is 0 Å². The Balaban J connectivity index is 1.92. The highest BCUT2D eigenvalue weighted by atomic mass is 16.5. The number of aromatic nitrogens is 2. The molecule has 5 nitrogen and oxygen atoms in total. The summed E-state index contributed by atoms with van der Waals surface area (Å²) in [4.78, 5) is 8.50. The van der Waals surface area contributed by atoms with Crippen LogP contribution in [0.3, 0.4) is 0 Å². The minimum absolute atomic E-state index is 0.0172. The SMILES string of the molecule is CCNc1nccc(NCC2(OC)CCC2)n1. The topological polar surface area (TPSA) is 59.1 Å². The van der Waals surface area contributed by atoms with Gasteiger partial charge < -0.3 is 15.4 Å². The van der Waals surface area contributed by atoms with Crippen LogP contribution in [0.25, 0.3) is 0 Å². The molecular formula is C12H20N4O. The largest absolute Gasteiger partial charge is 0.376 e. The van der Waals surface area contributed by atoms with E-state index in [9.17, 15) is 0 Å². The minimum atomic E-state index is 0.0172. The highest BCUT2D eigenvalue weighted by Crippen LogP contribution is 2.34. The number of nitrogens with one attached hydrogen (secondary N) is 2. The molecule has 2 rings (SSSR count). The lowest BCUT2D eigenvalue weighted by atomic mass is 9.80. The summed E-state index contributed by atoms with van der Waals surface area (Å²) >= 11 is 0. The molecule has 1 aliphatic carbocycles. The van der Waals surface area contributed by atoms with Crippen LogP contribution in [0, 0.1) is 0 Å². The monoisotopic (exact) mass is 236 g/mol. The van der Waals surface area contributed by atoms with Crippen molar-refractivity contribution >= 4 is 11.8 Å². The van der Waals surface area contributed by atoms with Crippen LogP contribution < -0.4 is 10.6 Å². The minimum Gasteiger partial charge on any atom is -0.376 e. The zero-order valence-electron chi connectivity index (χ0n) is 10.5. The Morgan fingerprint density at radius 1 is 1.41 bits per heavy atom. The van der Waals surface area contributed by atoms with Crippen LogP contribution in [-0.4, -0.2) is 35.8 Å². The Hall–Kier alpha value is -1.36. The van der Waals surface area contributed by atoms with Crippen molar-refractivity contribution in [2.45, 2.75) is 31.8 Å². The first-order valence-electron chi connectivity index (χ1n) is 6.14. The Morgan fingerprint density at radius 3 is 2.82 bits per heavy atom. The Morgan fingerprint density at radius 2 is 2.24 bits per heavy atom. The van der Waals surface area contributed by atoms with E-state index in [1.54, 1.807) is 13.3 Å². The zero-order valence-corrected chi connectivity index (χ0v) is 10.5. The van der Waals surface area contributed by atoms with E-state index in [1.807, 2.05) is 13.0 Å². The highest BCUT2D eigenvalue weighted by Gasteiger charge is 2.36. The maximum Gasteiger partial charge on any atom is 0.224 e. The van der Waals surface area contributed by atoms with Crippen molar-refractivity contribution in [3.05, 3.63) is 12.3 Å². The number of hydrogen-bond acceptors (Lipinski definition) is 5. The molecule has 2 N–H and O–H groups in total. The number of nitrogens with zero attached hydrogens (tertiary/aromatic N) is 2. The average Bonchev–Trinajstić information content (AvgIpc) is 2.29. The second-order valence-electron chi connectivity index (χ2n) is 4.39. The van der Waals surface area contributed by atoms with Gasteiger partial charge in [0.2, 0.25) is 5.95 Å². The van der Waals surface area contributed by atoms with Gasteiger partial charge in [-0.15, -0.1) is 0 Å². The summed E-state index contributed by atoms with van der Waals surface area (Å²) in [5.74, 6) is 1.51. The molecule has 1 aliphatic rings. The maximum absolute atomic E-state index is 5.55. The molecule has 5 heteroatoms. The summed E-state index contributed by atoms with van der Waals surface area (Å²) in [6.07, 6.45) is 5.26. The van der Waals surface area contributed by atoms with Gasteiger partial charge in [-0.2, -0.15) is 4.98 Å². The first-order chi connectivity index (χ1) is 8.28. The fourth-order valence-corrected chi connectivity index (χ4v) is 1.98. The van der Waals surface area contributed by atoms with Gasteiger partial charge in [-0.25, -0.2) is 4.98 Å². The third-order valence-electron chi connectivity index (χ3n) is 3.28. The van der Waals surface area contributed by atoms with Gasteiger partial charge in [-0.1, -0.05) is 0 Å². The van der Waals surface area contributed by atoms with Crippen molar-refractivity contribution in [1.82, 2.24) is 9.97 Å². The lowest BCUT2D eigenvalue weighted by molar-refractivity contribution is -0.0601. The lowest BCUT2D eigenvalue weighted by Crippen LogP contribution is -2.45. The van der Waals surface area contributed by atoms with Crippen molar-refractivity contribution in [3.8, 4) is 0 Å². The Bertz CT molecular complexity index is 360. The van der Waals surface area contributed by atoms with E-state index in [1.165, 1.54) is 6.42 Å². The molecule has 17 heavy (non-hydrogen) atoms. The van der Waals surface area contributed by atoms with E-state index < -0.39 is 0 Å². The van der Waals surface area contributed by atoms with E-state index in [-0.39, 0.29) is 5.60 Å². The van der Waals surface area contributed by atoms with Gasteiger partial charge in [0.15, 0.2) is 0 Å². The van der Waals surface area contributed by atoms with Crippen LogP contribution in [0.4, 0.5) is 11.8 Å². The van der Waals surface area contributed by atoms with Gasteiger partial charge >= 0.3 is 0 Å². The maximum atomic E-state index is 5.55. The lowest BCUT2D eigenvalue weighted by Gasteiger charge is -2.40. The number of anilines is 2. The van der Waals surface area contributed by atoms with Crippen molar-refractivity contribution in [2.24, 2.45) is 0 Å². The summed E-state index contributed by atoms with van der Waals surface area (Å²) < 4.78 is 5.55. The molecule has 0 spiro atoms. The molecule has 1 aromatic heterocycles. The van der Waals surface area contributed by atoms with Crippen LogP contribution >= 0.6 is 0 Å². The predicted octanol–water partition coefficient (Wildman–Crippen LogP) is 1.89. The molecule has 0 radical (unpaired) electrons. The quantitative estimate of drug-likeness (QED) is 0.790. The smallest absolute Gasteiger partial charge is 0.224 e. The summed E-state index contributed by atoms with van der Waals surface area (Å²) in [5, 5.41) is 6.41. The van der Waals surface area contributed by atoms with E-state index in [0.29, 0.717) is 5.95 Å². The molecule has 0 saturated heterocycles. The first-order valence-corrected chi connectivity index (χ1v) is 6.14. The van der Waals surface area contributed by atoms with Gasteiger partial charge in [0, 0.05) is 26.4 Å². The number of ether oxygens (including phenoxy) is 1. The normalized spacial score (nSPS) is 17.3. The second kappa shape index (κ2) is 5.31. The van der Waals surface area contributed by atoms with Crippen molar-refractivity contribution in [3.63, 3.8) is 0 Å². The van der Waals surface area contributed by atoms with Crippen LogP contribution in [0.15, 0.2) is 12.3 Å². The Labute approximate surface area is 102 Å². The molecule has 1 fully saturated rings. The number of methoxy groups -OCH3 is 1. The van der Waals surface area contributed by atoms with Crippen LogP contribution in [0.1, 0.15) is 26.2 Å². The van der Waals surface area contributed by atoms with Gasteiger partial charge in [-0.3, -0.25) is 0 Å². The van der Waals surface area contributed by atoms with Crippen molar-refractivity contribution < 1.29 is 4.74 Å². The number of rotatable bonds is 6. The summed E-state index contributed by atoms with van der Waals surface area (Å²) in [6, 6.07) is 1.88. The van der Waals surface area contributed by atoms with Crippen LogP contribution in [0.5, 0.6) is 0 Å². The molecule has 0 atom stereocenters. The van der Waals surface area contributed by atoms with Gasteiger partial charge in [0.05, 0.1) is 5.60 Å².